The van der Waals surface area contributed by atoms with Crippen molar-refractivity contribution in [2.45, 2.75) is 6.54 Å². The van der Waals surface area contributed by atoms with Gasteiger partial charge in [0.05, 0.1) is 0 Å². The van der Waals surface area contributed by atoms with Crippen molar-refractivity contribution in [3.05, 3.63) is 76.2 Å². The smallest absolute Gasteiger partial charge is 0.290 e. The number of aryl methyl sites for hydroxylation is 1. The van der Waals surface area contributed by atoms with E-state index >= 15 is 0 Å². The Morgan fingerprint density at radius 1 is 1.13 bits per heavy atom. The molecule has 0 saturated heterocycles. The second-order valence-electron chi connectivity index (χ2n) is 6.64. The van der Waals surface area contributed by atoms with Crippen molar-refractivity contribution < 1.29 is 21.9 Å². The number of rotatable bonds is 6. The summed E-state index contributed by atoms with van der Waals surface area (Å²) in [5.74, 6) is -1.65. The van der Waals surface area contributed by atoms with Gasteiger partial charge in [0.2, 0.25) is 10.9 Å². The first-order valence-corrected chi connectivity index (χ1v) is 10.2. The molecule has 0 aliphatic carbocycles. The minimum atomic E-state index is -2.81. The number of hydrogen-bond acceptors (Lipinski definition) is 5. The number of thiol groups is 1. The molecular formula is C20H16F2N4O4S. The summed E-state index contributed by atoms with van der Waals surface area (Å²) < 4.78 is 58.4. The van der Waals surface area contributed by atoms with Crippen LogP contribution in [0.4, 0.5) is 8.78 Å². The summed E-state index contributed by atoms with van der Waals surface area (Å²) in [6, 6.07) is 9.35. The molecule has 0 atom stereocenters. The van der Waals surface area contributed by atoms with E-state index in [-0.39, 0.29) is 23.6 Å². The first-order valence-electron chi connectivity index (χ1n) is 9.02. The van der Waals surface area contributed by atoms with Crippen LogP contribution in [-0.2, 0) is 24.5 Å². The highest BCUT2D eigenvalue weighted by Crippen LogP contribution is 2.36. The van der Waals surface area contributed by atoms with E-state index < -0.39 is 22.5 Å². The van der Waals surface area contributed by atoms with Crippen LogP contribution in [0.15, 0.2) is 53.5 Å². The fraction of sp³-hybridized carbons (Fsp3) is 0.100. The molecule has 2 aromatic carbocycles. The summed E-state index contributed by atoms with van der Waals surface area (Å²) in [4.78, 5) is 15.2. The molecule has 4 rings (SSSR count). The number of fused-ring (bicyclic) bond motifs is 1. The highest BCUT2D eigenvalue weighted by Gasteiger charge is 2.18. The van der Waals surface area contributed by atoms with Gasteiger partial charge in [-0.3, -0.25) is 4.79 Å². The lowest BCUT2D eigenvalue weighted by molar-refractivity contribution is 0.438. The average Bonchev–Trinajstić information content (AvgIpc) is 3.22. The number of nitrogens with zero attached hydrogens (tertiary/aromatic N) is 2. The molecule has 11 heteroatoms. The van der Waals surface area contributed by atoms with Gasteiger partial charge in [-0.15, -0.1) is 0 Å². The maximum atomic E-state index is 14.2. The molecule has 0 radical (unpaired) electrons. The molecule has 2 aromatic heterocycles. The van der Waals surface area contributed by atoms with Crippen LogP contribution in [0, 0.1) is 11.6 Å². The Labute approximate surface area is 176 Å². The molecule has 0 spiro atoms. The van der Waals surface area contributed by atoms with Gasteiger partial charge in [0.25, 0.3) is 5.56 Å². The van der Waals surface area contributed by atoms with Gasteiger partial charge in [0.1, 0.15) is 22.8 Å². The molecular weight excluding hydrogens is 430 g/mol. The molecule has 0 unspecified atom stereocenters. The number of hydrogen-bond donors (Lipinski definition) is 3. The van der Waals surface area contributed by atoms with E-state index in [1.165, 1.54) is 13.1 Å². The van der Waals surface area contributed by atoms with Gasteiger partial charge >= 0.3 is 0 Å². The van der Waals surface area contributed by atoms with Crippen molar-refractivity contribution in [2.24, 2.45) is 7.05 Å². The number of nitrogens with one attached hydrogen (secondary N) is 2. The molecule has 0 amide bonds. The summed E-state index contributed by atoms with van der Waals surface area (Å²) in [6.07, 6.45) is 1.59. The molecule has 31 heavy (non-hydrogen) atoms. The molecule has 0 bridgehead atoms. The van der Waals surface area contributed by atoms with Crippen LogP contribution in [0.5, 0.6) is 11.5 Å². The van der Waals surface area contributed by atoms with Gasteiger partial charge in [-0.2, -0.15) is 5.10 Å². The molecule has 160 valence electrons. The SMILES string of the molecule is Cn1nc(-c2cc(CN[SH](=O)=O)ccc2Oc2ccc(F)cc2F)c2cc[nH]c2c1=O. The normalized spacial score (nSPS) is 11.4. The fourth-order valence-electron chi connectivity index (χ4n) is 3.15. The largest absolute Gasteiger partial charge is 0.454 e. The van der Waals surface area contributed by atoms with Crippen molar-refractivity contribution in [1.29, 1.82) is 0 Å². The monoisotopic (exact) mass is 446 g/mol. The van der Waals surface area contributed by atoms with Crippen LogP contribution in [0.25, 0.3) is 22.2 Å². The maximum Gasteiger partial charge on any atom is 0.290 e. The first kappa shape index (κ1) is 20.7. The van der Waals surface area contributed by atoms with E-state index in [1.807, 2.05) is 0 Å². The van der Waals surface area contributed by atoms with Crippen LogP contribution in [0.3, 0.4) is 0 Å². The Bertz CT molecular complexity index is 1420. The zero-order valence-electron chi connectivity index (χ0n) is 16.1. The van der Waals surface area contributed by atoms with E-state index in [4.69, 9.17) is 4.74 Å². The van der Waals surface area contributed by atoms with Gasteiger partial charge in [-0.05, 0) is 35.9 Å². The van der Waals surface area contributed by atoms with Crippen molar-refractivity contribution in [3.8, 4) is 22.8 Å². The third-order valence-corrected chi connectivity index (χ3v) is 5.00. The molecule has 8 nitrogen and oxygen atoms in total. The van der Waals surface area contributed by atoms with E-state index in [1.54, 1.807) is 24.4 Å². The summed E-state index contributed by atoms with van der Waals surface area (Å²) in [5, 5.41) is 4.84. The maximum absolute atomic E-state index is 14.2. The van der Waals surface area contributed by atoms with Crippen LogP contribution in [0.2, 0.25) is 0 Å². The lowest BCUT2D eigenvalue weighted by atomic mass is 10.0. The number of halogens is 2. The third kappa shape index (κ3) is 4.18. The molecule has 0 fully saturated rings. The van der Waals surface area contributed by atoms with Gasteiger partial charge in [0.15, 0.2) is 11.6 Å². The van der Waals surface area contributed by atoms with Crippen LogP contribution < -0.4 is 15.0 Å². The zero-order chi connectivity index (χ0) is 22.1. The minimum absolute atomic E-state index is 0.0128. The number of ether oxygens (including phenoxy) is 1. The number of H-pyrrole nitrogens is 1. The predicted molar refractivity (Wildman–Crippen MR) is 110 cm³/mol. The lowest BCUT2D eigenvalue weighted by Gasteiger charge is -2.14. The molecule has 0 saturated carbocycles. The van der Waals surface area contributed by atoms with Crippen LogP contribution in [-0.4, -0.2) is 23.2 Å². The summed E-state index contributed by atoms with van der Waals surface area (Å²) in [5.41, 5.74) is 1.32. The van der Waals surface area contributed by atoms with Crippen LogP contribution in [0.1, 0.15) is 5.56 Å². The van der Waals surface area contributed by atoms with Crippen molar-refractivity contribution in [3.63, 3.8) is 0 Å². The quantitative estimate of drug-likeness (QED) is 0.395. The molecule has 4 aromatic rings. The third-order valence-electron chi connectivity index (χ3n) is 4.59. The highest BCUT2D eigenvalue weighted by molar-refractivity contribution is 7.70. The van der Waals surface area contributed by atoms with Gasteiger partial charge in [0, 0.05) is 36.8 Å². The van der Waals surface area contributed by atoms with E-state index in [0.717, 1.165) is 16.8 Å². The van der Waals surface area contributed by atoms with E-state index in [0.29, 0.717) is 33.8 Å². The highest BCUT2D eigenvalue weighted by atomic mass is 32.2. The molecule has 0 aliphatic rings. The van der Waals surface area contributed by atoms with E-state index in [9.17, 15) is 22.0 Å². The molecule has 0 aliphatic heterocycles. The average molecular weight is 446 g/mol. The Hall–Kier alpha value is -3.57. The Morgan fingerprint density at radius 2 is 1.90 bits per heavy atom. The lowest BCUT2D eigenvalue weighted by Crippen LogP contribution is -2.20. The summed E-state index contributed by atoms with van der Waals surface area (Å²) >= 11 is 0. The zero-order valence-corrected chi connectivity index (χ0v) is 17.0. The predicted octanol–water partition coefficient (Wildman–Crippen LogP) is 2.62. The second-order valence-corrected chi connectivity index (χ2v) is 7.47. The number of aromatic nitrogens is 3. The van der Waals surface area contributed by atoms with Gasteiger partial charge in [-0.25, -0.2) is 26.6 Å². The van der Waals surface area contributed by atoms with Crippen LogP contribution >= 0.6 is 0 Å². The second kappa shape index (κ2) is 8.28. The summed E-state index contributed by atoms with van der Waals surface area (Å²) in [6.45, 7) is 0.0128. The fourth-order valence-corrected chi connectivity index (χ4v) is 3.46. The Balaban J connectivity index is 1.89. The Morgan fingerprint density at radius 3 is 2.65 bits per heavy atom. The Kier molecular flexibility index (Phi) is 5.53. The minimum Gasteiger partial charge on any atom is -0.454 e. The van der Waals surface area contributed by atoms with Gasteiger partial charge < -0.3 is 9.72 Å². The standard InChI is InChI=1S/C20H16F2N4O4S/c1-26-20(27)19-13(6-7-23-19)18(25-26)14-8-11(10-24-31(28)29)2-4-16(14)30-17-5-3-12(21)9-15(17)22/h2-9,23,31H,10H2,1H3,(H,24,28,29). The first-order chi connectivity index (χ1) is 14.8. The van der Waals surface area contributed by atoms with E-state index in [2.05, 4.69) is 14.8 Å². The number of benzene rings is 2. The van der Waals surface area contributed by atoms with Crippen molar-refractivity contribution in [2.75, 3.05) is 0 Å². The van der Waals surface area contributed by atoms with Crippen molar-refractivity contribution >= 4 is 21.8 Å². The molecule has 2 N–H and O–H groups in total. The summed E-state index contributed by atoms with van der Waals surface area (Å²) in [7, 11) is -1.32. The topological polar surface area (TPSA) is 106 Å². The molecule has 2 heterocycles. The number of aromatic amines is 1. The van der Waals surface area contributed by atoms with Gasteiger partial charge in [-0.1, -0.05) is 6.07 Å². The van der Waals surface area contributed by atoms with Crippen molar-refractivity contribution in [1.82, 2.24) is 19.5 Å².